The zero-order valence-corrected chi connectivity index (χ0v) is 13.3. The summed E-state index contributed by atoms with van der Waals surface area (Å²) in [6.45, 7) is 6.13. The van der Waals surface area contributed by atoms with Crippen LogP contribution in [0.2, 0.25) is 10.0 Å². The van der Waals surface area contributed by atoms with E-state index in [1.165, 1.54) is 6.42 Å². The third-order valence-corrected chi connectivity index (χ3v) is 4.18. The molecule has 0 aliphatic carbocycles. The molecule has 1 heterocycles. The lowest BCUT2D eigenvalue weighted by Gasteiger charge is -2.34. The third kappa shape index (κ3) is 4.11. The molecule has 20 heavy (non-hydrogen) atoms. The summed E-state index contributed by atoms with van der Waals surface area (Å²) in [5.74, 6) is 0.636. The molecule has 0 spiro atoms. The number of halogens is 2. The number of carbonyl (C=O) groups is 1. The van der Waals surface area contributed by atoms with Crippen LogP contribution in [-0.4, -0.2) is 29.9 Å². The van der Waals surface area contributed by atoms with Gasteiger partial charge in [-0.3, -0.25) is 9.69 Å². The molecule has 0 bridgehead atoms. The first-order valence-corrected chi connectivity index (χ1v) is 7.72. The van der Waals surface area contributed by atoms with E-state index in [2.05, 4.69) is 17.1 Å². The Balaban J connectivity index is 2.00. The highest BCUT2D eigenvalue weighted by molar-refractivity contribution is 6.35. The minimum atomic E-state index is -0.143. The molecular formula is C15H20Cl2N2O. The lowest BCUT2D eigenvalue weighted by Crippen LogP contribution is -2.46. The molecule has 110 valence electrons. The highest BCUT2D eigenvalue weighted by Gasteiger charge is 2.25. The maximum atomic E-state index is 12.3. The number of benzene rings is 1. The van der Waals surface area contributed by atoms with E-state index in [1.54, 1.807) is 18.2 Å². The number of hydrogen-bond donors (Lipinski definition) is 1. The summed E-state index contributed by atoms with van der Waals surface area (Å²) in [6.07, 6.45) is 2.40. The average Bonchev–Trinajstić information content (AvgIpc) is 2.36. The van der Waals surface area contributed by atoms with E-state index in [4.69, 9.17) is 23.2 Å². The smallest absolute Gasteiger partial charge is 0.241 e. The van der Waals surface area contributed by atoms with Gasteiger partial charge < -0.3 is 5.32 Å². The van der Waals surface area contributed by atoms with Crippen LogP contribution in [0.5, 0.6) is 0 Å². The van der Waals surface area contributed by atoms with Crippen LogP contribution in [0, 0.1) is 5.92 Å². The van der Waals surface area contributed by atoms with Gasteiger partial charge in [0, 0.05) is 22.3 Å². The van der Waals surface area contributed by atoms with Gasteiger partial charge in [0.05, 0.1) is 6.04 Å². The predicted molar refractivity (Wildman–Crippen MR) is 84.5 cm³/mol. The van der Waals surface area contributed by atoms with Crippen molar-refractivity contribution >= 4 is 34.8 Å². The molecule has 0 unspecified atom stereocenters. The Kier molecular flexibility index (Phi) is 5.30. The van der Waals surface area contributed by atoms with Crippen molar-refractivity contribution in [3.8, 4) is 0 Å². The summed E-state index contributed by atoms with van der Waals surface area (Å²) in [5, 5.41) is 3.93. The zero-order chi connectivity index (χ0) is 14.7. The first kappa shape index (κ1) is 15.6. The molecule has 2 rings (SSSR count). The molecule has 1 aromatic rings. The molecule has 0 saturated carbocycles. The number of nitrogens with zero attached hydrogens (tertiary/aromatic N) is 1. The molecule has 0 aromatic heterocycles. The quantitative estimate of drug-likeness (QED) is 0.912. The Bertz CT molecular complexity index is 473. The maximum Gasteiger partial charge on any atom is 0.241 e. The van der Waals surface area contributed by atoms with Crippen molar-refractivity contribution in [2.75, 3.05) is 18.4 Å². The van der Waals surface area contributed by atoms with Gasteiger partial charge in [-0.25, -0.2) is 0 Å². The predicted octanol–water partition coefficient (Wildman–Crippen LogP) is 4.05. The topological polar surface area (TPSA) is 32.3 Å². The lowest BCUT2D eigenvalue weighted by atomic mass is 9.99. The molecule has 1 fully saturated rings. The summed E-state index contributed by atoms with van der Waals surface area (Å²) in [4.78, 5) is 14.5. The molecule has 0 radical (unpaired) electrons. The highest BCUT2D eigenvalue weighted by Crippen LogP contribution is 2.23. The van der Waals surface area contributed by atoms with Gasteiger partial charge in [0.15, 0.2) is 0 Å². The van der Waals surface area contributed by atoms with E-state index in [0.29, 0.717) is 21.7 Å². The van der Waals surface area contributed by atoms with Gasteiger partial charge in [0.2, 0.25) is 5.91 Å². The van der Waals surface area contributed by atoms with Crippen LogP contribution in [0.1, 0.15) is 26.7 Å². The SMILES string of the molecule is C[C@H]1CCCN([C@@H](C)C(=O)Nc2cc(Cl)cc(Cl)c2)C1. The molecule has 1 aromatic carbocycles. The molecular weight excluding hydrogens is 295 g/mol. The minimum absolute atomic E-state index is 0.0163. The van der Waals surface area contributed by atoms with Gasteiger partial charge in [-0.2, -0.15) is 0 Å². The number of amides is 1. The highest BCUT2D eigenvalue weighted by atomic mass is 35.5. The van der Waals surface area contributed by atoms with Gasteiger partial charge in [0.1, 0.15) is 0 Å². The molecule has 1 saturated heterocycles. The number of carbonyl (C=O) groups excluding carboxylic acids is 1. The second-order valence-electron chi connectivity index (χ2n) is 5.57. The Morgan fingerprint density at radius 1 is 1.35 bits per heavy atom. The Labute approximate surface area is 130 Å². The van der Waals surface area contributed by atoms with Gasteiger partial charge in [0.25, 0.3) is 0 Å². The Morgan fingerprint density at radius 3 is 2.60 bits per heavy atom. The van der Waals surface area contributed by atoms with Crippen LogP contribution >= 0.6 is 23.2 Å². The van der Waals surface area contributed by atoms with E-state index in [0.717, 1.165) is 19.5 Å². The molecule has 1 aliphatic heterocycles. The number of anilines is 1. The fraction of sp³-hybridized carbons (Fsp3) is 0.533. The number of nitrogens with one attached hydrogen (secondary N) is 1. The second-order valence-corrected chi connectivity index (χ2v) is 6.44. The second kappa shape index (κ2) is 6.79. The van der Waals surface area contributed by atoms with Crippen molar-refractivity contribution in [3.63, 3.8) is 0 Å². The Morgan fingerprint density at radius 2 is 2.00 bits per heavy atom. The fourth-order valence-electron chi connectivity index (χ4n) is 2.62. The molecule has 3 nitrogen and oxygen atoms in total. The van der Waals surface area contributed by atoms with Crippen molar-refractivity contribution in [3.05, 3.63) is 28.2 Å². The van der Waals surface area contributed by atoms with Crippen LogP contribution in [-0.2, 0) is 4.79 Å². The zero-order valence-electron chi connectivity index (χ0n) is 11.8. The average molecular weight is 315 g/mol. The standard InChI is InChI=1S/C15H20Cl2N2O/c1-10-4-3-5-19(9-10)11(2)15(20)18-14-7-12(16)6-13(17)8-14/h6-8,10-11H,3-5,9H2,1-2H3,(H,18,20)/t10-,11-/m0/s1. The van der Waals surface area contributed by atoms with Crippen LogP contribution in [0.3, 0.4) is 0 Å². The van der Waals surface area contributed by atoms with Gasteiger partial charge in [-0.1, -0.05) is 30.1 Å². The van der Waals surface area contributed by atoms with Crippen molar-refractivity contribution in [2.45, 2.75) is 32.7 Å². The van der Waals surface area contributed by atoms with Gasteiger partial charge >= 0.3 is 0 Å². The van der Waals surface area contributed by atoms with Crippen molar-refractivity contribution < 1.29 is 4.79 Å². The largest absolute Gasteiger partial charge is 0.325 e. The lowest BCUT2D eigenvalue weighted by molar-refractivity contribution is -0.121. The summed E-state index contributed by atoms with van der Waals surface area (Å²) in [6, 6.07) is 4.91. The van der Waals surface area contributed by atoms with E-state index < -0.39 is 0 Å². The summed E-state index contributed by atoms with van der Waals surface area (Å²) >= 11 is 11.9. The Hall–Kier alpha value is -0.770. The van der Waals surface area contributed by atoms with E-state index >= 15 is 0 Å². The van der Waals surface area contributed by atoms with E-state index in [-0.39, 0.29) is 11.9 Å². The van der Waals surface area contributed by atoms with Crippen molar-refractivity contribution in [2.24, 2.45) is 5.92 Å². The first-order chi connectivity index (χ1) is 9.45. The molecule has 2 atom stereocenters. The summed E-state index contributed by atoms with van der Waals surface area (Å²) < 4.78 is 0. The van der Waals surface area contributed by atoms with Crippen LogP contribution in [0.4, 0.5) is 5.69 Å². The third-order valence-electron chi connectivity index (χ3n) is 3.75. The van der Waals surface area contributed by atoms with Crippen LogP contribution in [0.25, 0.3) is 0 Å². The van der Waals surface area contributed by atoms with Crippen LogP contribution < -0.4 is 5.32 Å². The number of piperidine rings is 1. The summed E-state index contributed by atoms with van der Waals surface area (Å²) in [7, 11) is 0. The number of rotatable bonds is 3. The van der Waals surface area contributed by atoms with Gasteiger partial charge in [-0.05, 0) is 50.4 Å². The minimum Gasteiger partial charge on any atom is -0.325 e. The molecule has 1 amide bonds. The van der Waals surface area contributed by atoms with Crippen LogP contribution in [0.15, 0.2) is 18.2 Å². The number of hydrogen-bond acceptors (Lipinski definition) is 2. The monoisotopic (exact) mass is 314 g/mol. The molecule has 1 aliphatic rings. The molecule has 1 N–H and O–H groups in total. The van der Waals surface area contributed by atoms with E-state index in [1.807, 2.05) is 6.92 Å². The summed E-state index contributed by atoms with van der Waals surface area (Å²) in [5.41, 5.74) is 0.643. The first-order valence-electron chi connectivity index (χ1n) is 6.96. The van der Waals surface area contributed by atoms with E-state index in [9.17, 15) is 4.79 Å². The van der Waals surface area contributed by atoms with Crippen molar-refractivity contribution in [1.82, 2.24) is 4.90 Å². The van der Waals surface area contributed by atoms with Crippen molar-refractivity contribution in [1.29, 1.82) is 0 Å². The molecule has 5 heteroatoms. The van der Waals surface area contributed by atoms with Gasteiger partial charge in [-0.15, -0.1) is 0 Å². The normalized spacial score (nSPS) is 21.5. The maximum absolute atomic E-state index is 12.3. The number of likely N-dealkylation sites (tertiary alicyclic amines) is 1. The fourth-order valence-corrected chi connectivity index (χ4v) is 3.14.